The first-order chi connectivity index (χ1) is 8.04. The molecular formula is C12H18N2O3. The number of hydrogen-bond acceptors (Lipinski definition) is 3. The minimum atomic E-state index is -0.352. The van der Waals surface area contributed by atoms with Crippen LogP contribution in [0.4, 0.5) is 0 Å². The summed E-state index contributed by atoms with van der Waals surface area (Å²) in [5.74, 6) is -0.352. The van der Waals surface area contributed by atoms with Crippen molar-refractivity contribution in [3.05, 3.63) is 33.7 Å². The standard InChI is InChI=1S/C12H18N2O3/c1-8(4-5-17-3)14-12(16)10-7-13-9(2)6-11(10)15/h6-8H,4-5H2,1-3H3,(H,13,15)(H,14,16). The van der Waals surface area contributed by atoms with Crippen LogP contribution >= 0.6 is 0 Å². The lowest BCUT2D eigenvalue weighted by Crippen LogP contribution is -2.36. The van der Waals surface area contributed by atoms with E-state index in [1.165, 1.54) is 12.3 Å². The maximum Gasteiger partial charge on any atom is 0.256 e. The highest BCUT2D eigenvalue weighted by molar-refractivity contribution is 5.93. The van der Waals surface area contributed by atoms with Gasteiger partial charge in [0.2, 0.25) is 0 Å². The molecule has 5 heteroatoms. The average Bonchev–Trinajstić information content (AvgIpc) is 2.26. The highest BCUT2D eigenvalue weighted by Crippen LogP contribution is 1.96. The SMILES string of the molecule is COCCC(C)NC(=O)c1c[nH]c(C)cc1=O. The third-order valence-corrected chi connectivity index (χ3v) is 2.43. The van der Waals surface area contributed by atoms with E-state index in [-0.39, 0.29) is 22.9 Å². The molecule has 1 aromatic rings. The normalized spacial score (nSPS) is 12.2. The van der Waals surface area contributed by atoms with Gasteiger partial charge in [-0.3, -0.25) is 9.59 Å². The van der Waals surface area contributed by atoms with Crippen LogP contribution in [0.25, 0.3) is 0 Å². The average molecular weight is 238 g/mol. The van der Waals surface area contributed by atoms with Crippen LogP contribution in [0.15, 0.2) is 17.1 Å². The van der Waals surface area contributed by atoms with Crippen LogP contribution < -0.4 is 10.7 Å². The molecule has 0 aliphatic rings. The number of carbonyl (C=O) groups is 1. The summed E-state index contributed by atoms with van der Waals surface area (Å²) >= 11 is 0. The molecule has 17 heavy (non-hydrogen) atoms. The van der Waals surface area contributed by atoms with E-state index in [2.05, 4.69) is 10.3 Å². The quantitative estimate of drug-likeness (QED) is 0.798. The molecule has 0 saturated carbocycles. The molecule has 1 unspecified atom stereocenters. The molecule has 1 heterocycles. The fourth-order valence-electron chi connectivity index (χ4n) is 1.42. The van der Waals surface area contributed by atoms with Crippen LogP contribution in [0.1, 0.15) is 29.4 Å². The predicted molar refractivity (Wildman–Crippen MR) is 65.2 cm³/mol. The summed E-state index contributed by atoms with van der Waals surface area (Å²) in [4.78, 5) is 26.2. The Morgan fingerprint density at radius 2 is 2.29 bits per heavy atom. The van der Waals surface area contributed by atoms with Crippen LogP contribution in [0.5, 0.6) is 0 Å². The van der Waals surface area contributed by atoms with E-state index in [1.807, 2.05) is 6.92 Å². The van der Waals surface area contributed by atoms with Crippen molar-refractivity contribution in [1.29, 1.82) is 0 Å². The van der Waals surface area contributed by atoms with E-state index in [4.69, 9.17) is 4.74 Å². The Bertz CT molecular complexity index is 440. The third-order valence-electron chi connectivity index (χ3n) is 2.43. The van der Waals surface area contributed by atoms with E-state index >= 15 is 0 Å². The number of ether oxygens (including phenoxy) is 1. The van der Waals surface area contributed by atoms with Crippen LogP contribution in [-0.2, 0) is 4.74 Å². The van der Waals surface area contributed by atoms with Crippen molar-refractivity contribution in [3.8, 4) is 0 Å². The number of H-pyrrole nitrogens is 1. The Balaban J connectivity index is 2.67. The molecule has 0 aliphatic carbocycles. The smallest absolute Gasteiger partial charge is 0.256 e. The molecule has 2 N–H and O–H groups in total. The Hall–Kier alpha value is -1.62. The second-order valence-corrected chi connectivity index (χ2v) is 4.05. The largest absolute Gasteiger partial charge is 0.385 e. The lowest BCUT2D eigenvalue weighted by atomic mass is 10.2. The zero-order chi connectivity index (χ0) is 12.8. The van der Waals surface area contributed by atoms with Gasteiger partial charge in [-0.25, -0.2) is 0 Å². The fraction of sp³-hybridized carbons (Fsp3) is 0.500. The van der Waals surface area contributed by atoms with Gasteiger partial charge in [0.1, 0.15) is 5.56 Å². The maximum absolute atomic E-state index is 11.8. The lowest BCUT2D eigenvalue weighted by Gasteiger charge is -2.12. The van der Waals surface area contributed by atoms with Crippen molar-refractivity contribution in [2.24, 2.45) is 0 Å². The summed E-state index contributed by atoms with van der Waals surface area (Å²) in [7, 11) is 1.61. The molecular weight excluding hydrogens is 220 g/mol. The van der Waals surface area contributed by atoms with Crippen molar-refractivity contribution >= 4 is 5.91 Å². The molecule has 5 nitrogen and oxygen atoms in total. The van der Waals surface area contributed by atoms with Gasteiger partial charge in [0, 0.05) is 37.7 Å². The number of aromatic nitrogens is 1. The molecule has 1 amide bonds. The van der Waals surface area contributed by atoms with Gasteiger partial charge in [-0.15, -0.1) is 0 Å². The molecule has 1 rings (SSSR count). The third kappa shape index (κ3) is 4.03. The number of pyridine rings is 1. The van der Waals surface area contributed by atoms with E-state index in [1.54, 1.807) is 14.0 Å². The number of methoxy groups -OCH3 is 1. The minimum Gasteiger partial charge on any atom is -0.385 e. The molecule has 0 aromatic carbocycles. The molecule has 0 radical (unpaired) electrons. The predicted octanol–water partition coefficient (Wildman–Crippen LogP) is 0.838. The van der Waals surface area contributed by atoms with Gasteiger partial charge in [-0.1, -0.05) is 0 Å². The summed E-state index contributed by atoms with van der Waals surface area (Å²) in [6, 6.07) is 1.39. The summed E-state index contributed by atoms with van der Waals surface area (Å²) in [6.07, 6.45) is 2.15. The van der Waals surface area contributed by atoms with Crippen LogP contribution in [0.2, 0.25) is 0 Å². The first-order valence-electron chi connectivity index (χ1n) is 5.53. The second-order valence-electron chi connectivity index (χ2n) is 4.05. The van der Waals surface area contributed by atoms with E-state index in [0.29, 0.717) is 13.0 Å². The Morgan fingerprint density at radius 3 is 2.88 bits per heavy atom. The zero-order valence-electron chi connectivity index (χ0n) is 10.4. The van der Waals surface area contributed by atoms with E-state index in [9.17, 15) is 9.59 Å². The lowest BCUT2D eigenvalue weighted by molar-refractivity contribution is 0.0928. The molecule has 0 aliphatic heterocycles. The number of aryl methyl sites for hydroxylation is 1. The number of aromatic amines is 1. The Morgan fingerprint density at radius 1 is 1.59 bits per heavy atom. The molecule has 94 valence electrons. The number of amides is 1. The van der Waals surface area contributed by atoms with Crippen molar-refractivity contribution in [1.82, 2.24) is 10.3 Å². The van der Waals surface area contributed by atoms with Gasteiger partial charge in [0.25, 0.3) is 5.91 Å². The van der Waals surface area contributed by atoms with E-state index < -0.39 is 0 Å². The Labute approximate surface area is 100 Å². The van der Waals surface area contributed by atoms with Crippen LogP contribution in [-0.4, -0.2) is 30.6 Å². The van der Waals surface area contributed by atoms with Gasteiger partial charge >= 0.3 is 0 Å². The molecule has 0 saturated heterocycles. The van der Waals surface area contributed by atoms with Crippen LogP contribution in [0.3, 0.4) is 0 Å². The molecule has 0 fully saturated rings. The van der Waals surface area contributed by atoms with Crippen molar-refractivity contribution in [2.45, 2.75) is 26.3 Å². The summed E-state index contributed by atoms with van der Waals surface area (Å²) in [5, 5.41) is 2.75. The van der Waals surface area contributed by atoms with Crippen molar-refractivity contribution in [3.63, 3.8) is 0 Å². The summed E-state index contributed by atoms with van der Waals surface area (Å²) in [6.45, 7) is 4.22. The highest BCUT2D eigenvalue weighted by atomic mass is 16.5. The first-order valence-corrected chi connectivity index (χ1v) is 5.53. The van der Waals surface area contributed by atoms with Gasteiger partial charge in [0.15, 0.2) is 5.43 Å². The van der Waals surface area contributed by atoms with E-state index in [0.717, 1.165) is 5.69 Å². The number of rotatable bonds is 5. The van der Waals surface area contributed by atoms with Crippen molar-refractivity contribution < 1.29 is 9.53 Å². The fourth-order valence-corrected chi connectivity index (χ4v) is 1.42. The maximum atomic E-state index is 11.8. The van der Waals surface area contributed by atoms with Crippen molar-refractivity contribution in [2.75, 3.05) is 13.7 Å². The molecule has 1 atom stereocenters. The number of hydrogen-bond donors (Lipinski definition) is 2. The van der Waals surface area contributed by atoms with Gasteiger partial charge in [-0.2, -0.15) is 0 Å². The second kappa shape index (κ2) is 6.20. The minimum absolute atomic E-state index is 0.0249. The van der Waals surface area contributed by atoms with Crippen LogP contribution in [0, 0.1) is 6.92 Å². The summed E-state index contributed by atoms with van der Waals surface area (Å²) < 4.78 is 4.92. The summed E-state index contributed by atoms with van der Waals surface area (Å²) in [5.41, 5.74) is 0.608. The number of carbonyl (C=O) groups excluding carboxylic acids is 1. The molecule has 0 spiro atoms. The first kappa shape index (κ1) is 13.4. The number of nitrogens with one attached hydrogen (secondary N) is 2. The monoisotopic (exact) mass is 238 g/mol. The molecule has 1 aromatic heterocycles. The zero-order valence-corrected chi connectivity index (χ0v) is 10.4. The van der Waals surface area contributed by atoms with Gasteiger partial charge < -0.3 is 15.0 Å². The van der Waals surface area contributed by atoms with Gasteiger partial charge in [-0.05, 0) is 20.3 Å². The molecule has 0 bridgehead atoms. The Kier molecular flexibility index (Phi) is 4.90. The van der Waals surface area contributed by atoms with Gasteiger partial charge in [0.05, 0.1) is 0 Å². The topological polar surface area (TPSA) is 71.2 Å². The highest BCUT2D eigenvalue weighted by Gasteiger charge is 2.12.